The van der Waals surface area contributed by atoms with Gasteiger partial charge in [0.15, 0.2) is 0 Å². The molecule has 1 heterocycles. The Morgan fingerprint density at radius 3 is 2.73 bits per heavy atom. The van der Waals surface area contributed by atoms with Crippen LogP contribution in [0.1, 0.15) is 11.1 Å². The molecule has 1 aliphatic heterocycles. The number of fused-ring (bicyclic) bond motifs is 1. The zero-order chi connectivity index (χ0) is 11.0. The van der Waals surface area contributed by atoms with Crippen molar-refractivity contribution in [1.82, 2.24) is 0 Å². The summed E-state index contributed by atoms with van der Waals surface area (Å²) < 4.78 is 0. The van der Waals surface area contributed by atoms with Crippen LogP contribution >= 0.6 is 11.8 Å². The third-order valence-corrected chi connectivity index (χ3v) is 3.91. The summed E-state index contributed by atoms with van der Waals surface area (Å²) in [6.45, 7) is 4.49. The molecule has 3 N–H and O–H groups in total. The molecule has 1 amide bonds. The van der Waals surface area contributed by atoms with E-state index in [1.807, 2.05) is 13.0 Å². The monoisotopic (exact) mass is 222 g/mol. The number of amides is 1. The Morgan fingerprint density at radius 1 is 1.40 bits per heavy atom. The van der Waals surface area contributed by atoms with Crippen molar-refractivity contribution in [2.45, 2.75) is 24.0 Å². The number of carbonyl (C=O) groups is 1. The summed E-state index contributed by atoms with van der Waals surface area (Å²) in [6, 6.07) is 4.12. The highest BCUT2D eigenvalue weighted by Crippen LogP contribution is 2.36. The number of rotatable bonds is 1. The average Bonchev–Trinajstić information content (AvgIpc) is 2.20. The molecular formula is C11H14N2OS. The lowest BCUT2D eigenvalue weighted by atomic mass is 10.1. The van der Waals surface area contributed by atoms with Crippen LogP contribution in [0.5, 0.6) is 0 Å². The number of anilines is 1. The van der Waals surface area contributed by atoms with Crippen molar-refractivity contribution in [3.05, 3.63) is 23.3 Å². The quantitative estimate of drug-likeness (QED) is 0.760. The lowest BCUT2D eigenvalue weighted by Gasteiger charge is -2.24. The molecule has 4 heteroatoms. The van der Waals surface area contributed by atoms with Crippen LogP contribution in [0.15, 0.2) is 17.0 Å². The summed E-state index contributed by atoms with van der Waals surface area (Å²) in [5.41, 5.74) is 8.89. The minimum atomic E-state index is -0.153. The van der Waals surface area contributed by atoms with Crippen molar-refractivity contribution in [1.29, 1.82) is 0 Å². The van der Waals surface area contributed by atoms with E-state index in [1.165, 1.54) is 11.1 Å². The Morgan fingerprint density at radius 2 is 2.07 bits per heavy atom. The van der Waals surface area contributed by atoms with E-state index in [0.29, 0.717) is 6.54 Å². The molecule has 0 bridgehead atoms. The Labute approximate surface area is 93.4 Å². The predicted molar refractivity (Wildman–Crippen MR) is 63.2 cm³/mol. The molecular weight excluding hydrogens is 208 g/mol. The van der Waals surface area contributed by atoms with Gasteiger partial charge in [0.05, 0.1) is 5.69 Å². The van der Waals surface area contributed by atoms with Crippen molar-refractivity contribution in [3.63, 3.8) is 0 Å². The highest BCUT2D eigenvalue weighted by atomic mass is 32.2. The van der Waals surface area contributed by atoms with E-state index < -0.39 is 0 Å². The number of nitrogens with two attached hydrogens (primary N) is 1. The molecule has 0 saturated heterocycles. The Hall–Kier alpha value is -1.00. The van der Waals surface area contributed by atoms with Gasteiger partial charge in [-0.25, -0.2) is 0 Å². The van der Waals surface area contributed by atoms with Gasteiger partial charge in [0.25, 0.3) is 0 Å². The van der Waals surface area contributed by atoms with Gasteiger partial charge in [-0.05, 0) is 37.1 Å². The number of nitrogens with one attached hydrogen (secondary N) is 1. The summed E-state index contributed by atoms with van der Waals surface area (Å²) in [5.74, 6) is 0.0123. The van der Waals surface area contributed by atoms with E-state index >= 15 is 0 Å². The van der Waals surface area contributed by atoms with E-state index in [0.717, 1.165) is 10.6 Å². The average molecular weight is 222 g/mol. The zero-order valence-electron chi connectivity index (χ0n) is 8.83. The molecule has 0 aromatic heterocycles. The highest BCUT2D eigenvalue weighted by molar-refractivity contribution is 8.01. The second-order valence-corrected chi connectivity index (χ2v) is 5.01. The van der Waals surface area contributed by atoms with Gasteiger partial charge in [-0.15, -0.1) is 11.8 Å². The number of carbonyl (C=O) groups excluding carboxylic acids is 1. The fourth-order valence-corrected chi connectivity index (χ4v) is 2.61. The summed E-state index contributed by atoms with van der Waals surface area (Å²) >= 11 is 1.55. The van der Waals surface area contributed by atoms with Crippen LogP contribution in [0.25, 0.3) is 0 Å². The van der Waals surface area contributed by atoms with E-state index in [9.17, 15) is 4.79 Å². The fraction of sp³-hybridized carbons (Fsp3) is 0.364. The molecule has 1 aliphatic rings. The Bertz CT molecular complexity index is 417. The first-order chi connectivity index (χ1) is 7.11. The molecule has 0 aliphatic carbocycles. The molecule has 1 aromatic rings. The number of hydrogen-bond donors (Lipinski definition) is 2. The Kier molecular flexibility index (Phi) is 2.71. The van der Waals surface area contributed by atoms with Crippen molar-refractivity contribution < 1.29 is 4.79 Å². The topological polar surface area (TPSA) is 55.1 Å². The first kappa shape index (κ1) is 10.5. The first-order valence-corrected chi connectivity index (χ1v) is 5.78. The van der Waals surface area contributed by atoms with E-state index in [1.54, 1.807) is 11.8 Å². The van der Waals surface area contributed by atoms with Gasteiger partial charge in [-0.2, -0.15) is 0 Å². The van der Waals surface area contributed by atoms with Crippen LogP contribution in [-0.4, -0.2) is 17.7 Å². The van der Waals surface area contributed by atoms with Crippen LogP contribution in [-0.2, 0) is 4.79 Å². The SMILES string of the molecule is Cc1cc2c(cc1C)SC(CN)C(=O)N2. The molecule has 15 heavy (non-hydrogen) atoms. The molecule has 2 rings (SSSR count). The minimum Gasteiger partial charge on any atom is -0.329 e. The standard InChI is InChI=1S/C11H14N2OS/c1-6-3-8-9(4-7(6)2)15-10(5-12)11(14)13-8/h3-4,10H,5,12H2,1-2H3,(H,13,14). The van der Waals surface area contributed by atoms with Gasteiger partial charge in [0.1, 0.15) is 5.25 Å². The van der Waals surface area contributed by atoms with Crippen molar-refractivity contribution in [3.8, 4) is 0 Å². The van der Waals surface area contributed by atoms with Gasteiger partial charge in [-0.1, -0.05) is 0 Å². The van der Waals surface area contributed by atoms with Crippen molar-refractivity contribution in [2.75, 3.05) is 11.9 Å². The molecule has 0 saturated carbocycles. The lowest BCUT2D eigenvalue weighted by Crippen LogP contribution is -2.34. The van der Waals surface area contributed by atoms with E-state index in [-0.39, 0.29) is 11.2 Å². The summed E-state index contributed by atoms with van der Waals surface area (Å²) in [7, 11) is 0. The maximum absolute atomic E-state index is 11.6. The third-order valence-electron chi connectivity index (χ3n) is 2.63. The fourth-order valence-electron chi connectivity index (χ4n) is 1.56. The molecule has 3 nitrogen and oxygen atoms in total. The lowest BCUT2D eigenvalue weighted by molar-refractivity contribution is -0.115. The van der Waals surface area contributed by atoms with E-state index in [4.69, 9.17) is 5.73 Å². The normalized spacial score (nSPS) is 19.7. The predicted octanol–water partition coefficient (Wildman–Crippen LogP) is 1.67. The van der Waals surface area contributed by atoms with Crippen LogP contribution in [0.2, 0.25) is 0 Å². The second kappa shape index (κ2) is 3.87. The number of hydrogen-bond acceptors (Lipinski definition) is 3. The zero-order valence-corrected chi connectivity index (χ0v) is 9.65. The molecule has 1 atom stereocenters. The van der Waals surface area contributed by atoms with Gasteiger partial charge in [0.2, 0.25) is 5.91 Å². The van der Waals surface area contributed by atoms with Crippen LogP contribution in [0.3, 0.4) is 0 Å². The largest absolute Gasteiger partial charge is 0.329 e. The molecule has 80 valence electrons. The van der Waals surface area contributed by atoms with Gasteiger partial charge in [0, 0.05) is 11.4 Å². The summed E-state index contributed by atoms with van der Waals surface area (Å²) in [4.78, 5) is 12.7. The molecule has 1 unspecified atom stereocenters. The van der Waals surface area contributed by atoms with E-state index in [2.05, 4.69) is 18.3 Å². The van der Waals surface area contributed by atoms with Crippen LogP contribution < -0.4 is 11.1 Å². The number of thioether (sulfide) groups is 1. The Balaban J connectivity index is 2.41. The van der Waals surface area contributed by atoms with Crippen molar-refractivity contribution in [2.24, 2.45) is 5.73 Å². The molecule has 1 aromatic carbocycles. The molecule has 0 fully saturated rings. The summed E-state index contributed by atoms with van der Waals surface area (Å²) in [6.07, 6.45) is 0. The number of aryl methyl sites for hydroxylation is 2. The second-order valence-electron chi connectivity index (χ2n) is 3.76. The van der Waals surface area contributed by atoms with Crippen molar-refractivity contribution >= 4 is 23.4 Å². The van der Waals surface area contributed by atoms with Gasteiger partial charge in [-0.3, -0.25) is 4.79 Å². The van der Waals surface area contributed by atoms with Crippen LogP contribution in [0, 0.1) is 13.8 Å². The maximum atomic E-state index is 11.6. The highest BCUT2D eigenvalue weighted by Gasteiger charge is 2.25. The molecule has 0 spiro atoms. The smallest absolute Gasteiger partial charge is 0.239 e. The van der Waals surface area contributed by atoms with Crippen LogP contribution in [0.4, 0.5) is 5.69 Å². The third kappa shape index (κ3) is 1.87. The number of benzene rings is 1. The maximum Gasteiger partial charge on any atom is 0.239 e. The van der Waals surface area contributed by atoms with Gasteiger partial charge >= 0.3 is 0 Å². The summed E-state index contributed by atoms with van der Waals surface area (Å²) in [5, 5.41) is 2.74. The molecule has 0 radical (unpaired) electrons. The minimum absolute atomic E-state index is 0.0123. The first-order valence-electron chi connectivity index (χ1n) is 4.90. The van der Waals surface area contributed by atoms with Gasteiger partial charge < -0.3 is 11.1 Å².